The minimum absolute atomic E-state index is 0.123. The van der Waals surface area contributed by atoms with E-state index in [1.165, 1.54) is 0 Å². The van der Waals surface area contributed by atoms with E-state index >= 15 is 0 Å². The summed E-state index contributed by atoms with van der Waals surface area (Å²) in [6.07, 6.45) is 4.63. The lowest BCUT2D eigenvalue weighted by atomic mass is 9.78. The minimum Gasteiger partial charge on any atom is -0.392 e. The molecular formula is C13H26N2O2S2. The summed E-state index contributed by atoms with van der Waals surface area (Å²) in [5, 5.41) is 2.90. The number of hydrogen-bond acceptors (Lipinski definition) is 3. The van der Waals surface area contributed by atoms with Gasteiger partial charge >= 0.3 is 0 Å². The summed E-state index contributed by atoms with van der Waals surface area (Å²) in [6.45, 7) is 5.88. The first-order valence-electron chi connectivity index (χ1n) is 6.71. The quantitative estimate of drug-likeness (QED) is 0.637. The average Bonchev–Trinajstić information content (AvgIpc) is 2.26. The molecule has 0 aliphatic carbocycles. The number of nitrogens with one attached hydrogen (secondary N) is 1. The third-order valence-corrected chi connectivity index (χ3v) is 4.48. The van der Waals surface area contributed by atoms with Crippen LogP contribution in [0.3, 0.4) is 0 Å². The van der Waals surface area contributed by atoms with Crippen LogP contribution >= 0.6 is 12.2 Å². The normalized spacial score (nSPS) is 14.7. The fraction of sp³-hybridized carbons (Fsp3) is 0.846. The molecule has 0 bridgehead atoms. The van der Waals surface area contributed by atoms with Gasteiger partial charge in [-0.3, -0.25) is 9.00 Å². The van der Waals surface area contributed by atoms with E-state index in [9.17, 15) is 9.00 Å². The molecule has 3 N–H and O–H groups in total. The van der Waals surface area contributed by atoms with Gasteiger partial charge in [0, 0.05) is 28.9 Å². The van der Waals surface area contributed by atoms with E-state index in [1.807, 2.05) is 20.8 Å². The molecule has 0 spiro atoms. The lowest BCUT2D eigenvalue weighted by molar-refractivity contribution is -0.128. The largest absolute Gasteiger partial charge is 0.392 e. The molecule has 1 amide bonds. The molecule has 0 saturated heterocycles. The Bertz CT molecular complexity index is 340. The van der Waals surface area contributed by atoms with E-state index in [1.54, 1.807) is 6.26 Å². The first kappa shape index (κ1) is 18.5. The van der Waals surface area contributed by atoms with E-state index in [2.05, 4.69) is 5.32 Å². The molecule has 0 aliphatic rings. The van der Waals surface area contributed by atoms with Gasteiger partial charge in [-0.1, -0.05) is 38.9 Å². The summed E-state index contributed by atoms with van der Waals surface area (Å²) in [6, 6.07) is -0.138. The Morgan fingerprint density at radius 2 is 1.84 bits per heavy atom. The van der Waals surface area contributed by atoms with Crippen molar-refractivity contribution in [2.75, 3.05) is 12.0 Å². The second-order valence-corrected chi connectivity index (χ2v) is 6.98. The number of rotatable bonds is 9. The standard InChI is InChI=1S/C13H26N2O2S2/c1-5-7-13(8-6-2,11(14)18)12(16)15-10(3)9-19(4)17/h10H,5-9H2,1-4H3,(H2,14,18)(H,15,16). The van der Waals surface area contributed by atoms with Crippen LogP contribution in [0.1, 0.15) is 46.5 Å². The Morgan fingerprint density at radius 1 is 1.37 bits per heavy atom. The van der Waals surface area contributed by atoms with Crippen LogP contribution in [0.4, 0.5) is 0 Å². The topological polar surface area (TPSA) is 72.2 Å². The molecule has 0 aromatic rings. The highest BCUT2D eigenvalue weighted by Crippen LogP contribution is 2.31. The highest BCUT2D eigenvalue weighted by molar-refractivity contribution is 7.84. The Kier molecular flexibility index (Phi) is 8.41. The molecule has 0 heterocycles. The molecule has 19 heavy (non-hydrogen) atoms. The Morgan fingerprint density at radius 3 is 2.16 bits per heavy atom. The van der Waals surface area contributed by atoms with Gasteiger partial charge in [0.15, 0.2) is 0 Å². The van der Waals surface area contributed by atoms with Crippen molar-refractivity contribution in [3.63, 3.8) is 0 Å². The molecule has 0 aromatic carbocycles. The zero-order chi connectivity index (χ0) is 15.1. The van der Waals surface area contributed by atoms with Crippen molar-refractivity contribution in [1.29, 1.82) is 0 Å². The third kappa shape index (κ3) is 5.57. The molecule has 0 aliphatic heterocycles. The summed E-state index contributed by atoms with van der Waals surface area (Å²) in [5.41, 5.74) is 5.07. The van der Waals surface area contributed by atoms with Crippen molar-refractivity contribution < 1.29 is 9.00 Å². The second-order valence-electron chi connectivity index (χ2n) is 5.06. The van der Waals surface area contributed by atoms with Crippen molar-refractivity contribution in [3.8, 4) is 0 Å². The van der Waals surface area contributed by atoms with Gasteiger partial charge in [0.2, 0.25) is 5.91 Å². The van der Waals surface area contributed by atoms with Crippen molar-refractivity contribution in [2.24, 2.45) is 11.1 Å². The zero-order valence-corrected chi connectivity index (χ0v) is 14.0. The van der Waals surface area contributed by atoms with Crippen LogP contribution in [0.2, 0.25) is 0 Å². The van der Waals surface area contributed by atoms with Crippen molar-refractivity contribution in [1.82, 2.24) is 5.32 Å². The molecule has 2 unspecified atom stereocenters. The van der Waals surface area contributed by atoms with E-state index in [0.717, 1.165) is 12.8 Å². The molecule has 2 atom stereocenters. The number of amides is 1. The summed E-state index contributed by atoms with van der Waals surface area (Å²) >= 11 is 5.13. The predicted octanol–water partition coefficient (Wildman–Crippen LogP) is 1.74. The zero-order valence-electron chi connectivity index (χ0n) is 12.3. The van der Waals surface area contributed by atoms with Crippen LogP contribution in [-0.2, 0) is 15.6 Å². The molecule has 0 rings (SSSR count). The summed E-state index contributed by atoms with van der Waals surface area (Å²) < 4.78 is 11.2. The third-order valence-electron chi connectivity index (χ3n) is 3.12. The fourth-order valence-corrected chi connectivity index (χ4v) is 3.40. The Hall–Kier alpha value is -0.490. The van der Waals surface area contributed by atoms with Crippen molar-refractivity contribution >= 4 is 33.9 Å². The van der Waals surface area contributed by atoms with Gasteiger partial charge < -0.3 is 11.1 Å². The summed E-state index contributed by atoms with van der Waals surface area (Å²) in [7, 11) is -0.936. The number of hydrogen-bond donors (Lipinski definition) is 2. The monoisotopic (exact) mass is 306 g/mol. The molecule has 0 radical (unpaired) electrons. The van der Waals surface area contributed by atoms with Crippen LogP contribution in [0.5, 0.6) is 0 Å². The first-order chi connectivity index (χ1) is 8.80. The predicted molar refractivity (Wildman–Crippen MR) is 85.6 cm³/mol. The van der Waals surface area contributed by atoms with Crippen molar-refractivity contribution in [2.45, 2.75) is 52.5 Å². The molecule has 4 nitrogen and oxygen atoms in total. The van der Waals surface area contributed by atoms with E-state index < -0.39 is 16.2 Å². The Balaban J connectivity index is 4.98. The molecule has 0 aromatic heterocycles. The van der Waals surface area contributed by atoms with Gasteiger partial charge in [-0.2, -0.15) is 0 Å². The highest BCUT2D eigenvalue weighted by Gasteiger charge is 2.40. The molecular weight excluding hydrogens is 280 g/mol. The number of carbonyl (C=O) groups is 1. The molecule has 0 saturated carbocycles. The van der Waals surface area contributed by atoms with Gasteiger partial charge in [0.25, 0.3) is 0 Å². The number of nitrogens with two attached hydrogens (primary N) is 1. The fourth-order valence-electron chi connectivity index (χ4n) is 2.32. The van der Waals surface area contributed by atoms with Crippen LogP contribution in [0.15, 0.2) is 0 Å². The van der Waals surface area contributed by atoms with Gasteiger partial charge in [0.1, 0.15) is 0 Å². The van der Waals surface area contributed by atoms with Crippen molar-refractivity contribution in [3.05, 3.63) is 0 Å². The minimum atomic E-state index is -0.936. The first-order valence-corrected chi connectivity index (χ1v) is 8.84. The Labute approximate surface area is 124 Å². The number of thiocarbonyl (C=S) groups is 1. The summed E-state index contributed by atoms with van der Waals surface area (Å²) in [4.78, 5) is 12.8. The van der Waals surface area contributed by atoms with Crippen LogP contribution in [-0.4, -0.2) is 33.2 Å². The van der Waals surface area contributed by atoms with Gasteiger partial charge in [-0.25, -0.2) is 0 Å². The summed E-state index contributed by atoms with van der Waals surface area (Å²) in [5.74, 6) is 0.318. The van der Waals surface area contributed by atoms with E-state index in [-0.39, 0.29) is 16.9 Å². The highest BCUT2D eigenvalue weighted by atomic mass is 32.2. The molecule has 6 heteroatoms. The van der Waals surface area contributed by atoms with E-state index in [0.29, 0.717) is 18.6 Å². The lowest BCUT2D eigenvalue weighted by Gasteiger charge is -2.32. The van der Waals surface area contributed by atoms with Gasteiger partial charge in [-0.05, 0) is 19.8 Å². The maximum atomic E-state index is 12.5. The van der Waals surface area contributed by atoms with Gasteiger partial charge in [-0.15, -0.1) is 0 Å². The van der Waals surface area contributed by atoms with Gasteiger partial charge in [0.05, 0.1) is 10.4 Å². The maximum absolute atomic E-state index is 12.5. The molecule has 112 valence electrons. The van der Waals surface area contributed by atoms with Crippen LogP contribution in [0.25, 0.3) is 0 Å². The SMILES string of the molecule is CCCC(CCC)(C(=O)NC(C)CS(C)=O)C(N)=S. The number of carbonyl (C=O) groups excluding carboxylic acids is 1. The smallest absolute Gasteiger partial charge is 0.233 e. The van der Waals surface area contributed by atoms with Crippen LogP contribution < -0.4 is 11.1 Å². The molecule has 0 fully saturated rings. The lowest BCUT2D eigenvalue weighted by Crippen LogP contribution is -2.52. The average molecular weight is 306 g/mol. The van der Waals surface area contributed by atoms with Crippen LogP contribution in [0, 0.1) is 5.41 Å². The second kappa shape index (κ2) is 8.64. The van der Waals surface area contributed by atoms with E-state index in [4.69, 9.17) is 18.0 Å². The maximum Gasteiger partial charge on any atom is 0.233 e.